The van der Waals surface area contributed by atoms with Gasteiger partial charge in [-0.05, 0) is 61.0 Å². The number of ether oxygens (including phenoxy) is 1. The molecule has 1 unspecified atom stereocenters. The van der Waals surface area contributed by atoms with Crippen LogP contribution in [0.5, 0.6) is 5.75 Å². The molecule has 3 aromatic rings. The van der Waals surface area contributed by atoms with Gasteiger partial charge in [0.05, 0.1) is 18.8 Å². The van der Waals surface area contributed by atoms with Gasteiger partial charge >= 0.3 is 0 Å². The maximum absolute atomic E-state index is 5.88. The molecule has 1 heterocycles. The van der Waals surface area contributed by atoms with Crippen LogP contribution < -0.4 is 10.5 Å². The first-order chi connectivity index (χ1) is 14.2. The summed E-state index contributed by atoms with van der Waals surface area (Å²) >= 11 is 3.64. The van der Waals surface area contributed by atoms with Crippen LogP contribution in [0.1, 0.15) is 29.2 Å². The molecule has 148 valence electrons. The topological polar surface area (TPSA) is 50.8 Å². The smallest absolute Gasteiger partial charge is 0.137 e. The van der Waals surface area contributed by atoms with Crippen LogP contribution in [-0.4, -0.2) is 30.9 Å². The van der Waals surface area contributed by atoms with E-state index in [9.17, 15) is 0 Å². The first-order valence-corrected chi connectivity index (χ1v) is 10.5. The van der Waals surface area contributed by atoms with Crippen LogP contribution in [0, 0.1) is 0 Å². The van der Waals surface area contributed by atoms with Gasteiger partial charge in [0.25, 0.3) is 0 Å². The lowest BCUT2D eigenvalue weighted by atomic mass is 9.92. The quantitative estimate of drug-likeness (QED) is 0.555. The SMILES string of the molecule is COc1ccc(C2=Nc3ccc(Br)cc3C(c3ccccc3)N2CCCN)cc1. The van der Waals surface area contributed by atoms with Gasteiger partial charge in [-0.15, -0.1) is 0 Å². The molecule has 29 heavy (non-hydrogen) atoms. The van der Waals surface area contributed by atoms with Crippen LogP contribution >= 0.6 is 15.9 Å². The monoisotopic (exact) mass is 449 g/mol. The number of nitrogens with two attached hydrogens (primary N) is 1. The molecule has 0 radical (unpaired) electrons. The van der Waals surface area contributed by atoms with E-state index in [1.54, 1.807) is 7.11 Å². The van der Waals surface area contributed by atoms with Crippen LogP contribution in [0.15, 0.2) is 82.3 Å². The lowest BCUT2D eigenvalue weighted by molar-refractivity contribution is 0.348. The van der Waals surface area contributed by atoms with E-state index in [2.05, 4.69) is 75.4 Å². The number of aliphatic imine (C=N–C) groups is 1. The highest BCUT2D eigenvalue weighted by atomic mass is 79.9. The standard InChI is InChI=1S/C24H24BrN3O/c1-29-20-11-8-18(9-12-20)24-27-22-13-10-19(25)16-21(22)23(28(24)15-5-14-26)17-6-3-2-4-7-17/h2-4,6-13,16,23H,5,14-15,26H2,1H3. The summed E-state index contributed by atoms with van der Waals surface area (Å²) in [5.74, 6) is 1.80. The molecule has 1 aliphatic rings. The number of methoxy groups -OCH3 is 1. The predicted molar refractivity (Wildman–Crippen MR) is 122 cm³/mol. The average Bonchev–Trinajstić information content (AvgIpc) is 2.77. The van der Waals surface area contributed by atoms with Gasteiger partial charge in [0.15, 0.2) is 0 Å². The summed E-state index contributed by atoms with van der Waals surface area (Å²) in [6, 6.07) is 25.1. The number of nitrogens with zero attached hydrogens (tertiary/aromatic N) is 2. The Morgan fingerprint density at radius 3 is 2.48 bits per heavy atom. The Bertz CT molecular complexity index is 1000. The van der Waals surface area contributed by atoms with Crippen LogP contribution in [0.2, 0.25) is 0 Å². The third kappa shape index (κ3) is 4.07. The van der Waals surface area contributed by atoms with E-state index in [-0.39, 0.29) is 6.04 Å². The van der Waals surface area contributed by atoms with Gasteiger partial charge in [0.2, 0.25) is 0 Å². The molecule has 4 rings (SSSR count). The highest BCUT2D eigenvalue weighted by molar-refractivity contribution is 9.10. The number of hydrogen-bond acceptors (Lipinski definition) is 4. The molecule has 3 aromatic carbocycles. The molecule has 0 amide bonds. The Hall–Kier alpha value is -2.63. The number of amidine groups is 1. The molecule has 0 bridgehead atoms. The Labute approximate surface area is 180 Å². The molecule has 1 atom stereocenters. The molecule has 0 spiro atoms. The van der Waals surface area contributed by atoms with E-state index >= 15 is 0 Å². The van der Waals surface area contributed by atoms with Gasteiger partial charge in [0.1, 0.15) is 11.6 Å². The van der Waals surface area contributed by atoms with Crippen LogP contribution in [0.3, 0.4) is 0 Å². The first kappa shape index (κ1) is 19.7. The fourth-order valence-electron chi connectivity index (χ4n) is 3.78. The van der Waals surface area contributed by atoms with E-state index in [4.69, 9.17) is 15.5 Å². The van der Waals surface area contributed by atoms with Crippen molar-refractivity contribution in [3.63, 3.8) is 0 Å². The minimum Gasteiger partial charge on any atom is -0.497 e. The Morgan fingerprint density at radius 1 is 1.03 bits per heavy atom. The van der Waals surface area contributed by atoms with Crippen molar-refractivity contribution in [3.05, 3.63) is 94.0 Å². The highest BCUT2D eigenvalue weighted by Crippen LogP contribution is 2.41. The number of benzene rings is 3. The van der Waals surface area contributed by atoms with E-state index in [1.807, 2.05) is 18.2 Å². The van der Waals surface area contributed by atoms with Crippen molar-refractivity contribution in [1.29, 1.82) is 0 Å². The van der Waals surface area contributed by atoms with Gasteiger partial charge in [-0.3, -0.25) is 0 Å². The lowest BCUT2D eigenvalue weighted by Gasteiger charge is -2.39. The lowest BCUT2D eigenvalue weighted by Crippen LogP contribution is -2.39. The van der Waals surface area contributed by atoms with E-state index in [1.165, 1.54) is 11.1 Å². The molecule has 1 aliphatic heterocycles. The minimum absolute atomic E-state index is 0.0739. The number of hydrogen-bond donors (Lipinski definition) is 1. The highest BCUT2D eigenvalue weighted by Gasteiger charge is 2.31. The maximum atomic E-state index is 5.88. The van der Waals surface area contributed by atoms with Crippen molar-refractivity contribution in [3.8, 4) is 5.75 Å². The number of fused-ring (bicyclic) bond motifs is 1. The molecule has 4 nitrogen and oxygen atoms in total. The zero-order chi connectivity index (χ0) is 20.2. The average molecular weight is 450 g/mol. The van der Waals surface area contributed by atoms with Gasteiger partial charge in [-0.25, -0.2) is 4.99 Å². The van der Waals surface area contributed by atoms with Crippen LogP contribution in [0.25, 0.3) is 0 Å². The Morgan fingerprint density at radius 2 is 1.79 bits per heavy atom. The second kappa shape index (κ2) is 8.80. The molecule has 0 fully saturated rings. The largest absolute Gasteiger partial charge is 0.497 e. The maximum Gasteiger partial charge on any atom is 0.137 e. The van der Waals surface area contributed by atoms with Crippen molar-refractivity contribution in [1.82, 2.24) is 4.90 Å². The van der Waals surface area contributed by atoms with Gasteiger partial charge in [-0.2, -0.15) is 0 Å². The summed E-state index contributed by atoms with van der Waals surface area (Å²) < 4.78 is 6.39. The van der Waals surface area contributed by atoms with Gasteiger partial charge in [0, 0.05) is 22.1 Å². The Balaban J connectivity index is 1.89. The van der Waals surface area contributed by atoms with Crippen molar-refractivity contribution in [2.24, 2.45) is 10.7 Å². The summed E-state index contributed by atoms with van der Waals surface area (Å²) in [6.07, 6.45) is 0.891. The van der Waals surface area contributed by atoms with Crippen molar-refractivity contribution in [2.45, 2.75) is 12.5 Å². The molecule has 0 saturated heterocycles. The van der Waals surface area contributed by atoms with E-state index in [0.29, 0.717) is 6.54 Å². The molecule has 2 N–H and O–H groups in total. The summed E-state index contributed by atoms with van der Waals surface area (Å²) in [4.78, 5) is 7.44. The summed E-state index contributed by atoms with van der Waals surface area (Å²) in [6.45, 7) is 1.46. The molecular weight excluding hydrogens is 426 g/mol. The van der Waals surface area contributed by atoms with Crippen molar-refractivity contribution in [2.75, 3.05) is 20.2 Å². The van der Waals surface area contributed by atoms with Crippen molar-refractivity contribution < 1.29 is 4.74 Å². The molecule has 5 heteroatoms. The fourth-order valence-corrected chi connectivity index (χ4v) is 4.16. The summed E-state index contributed by atoms with van der Waals surface area (Å²) in [5, 5.41) is 0. The molecule has 0 aromatic heterocycles. The molecule has 0 aliphatic carbocycles. The second-order valence-corrected chi connectivity index (χ2v) is 7.93. The van der Waals surface area contributed by atoms with E-state index < -0.39 is 0 Å². The summed E-state index contributed by atoms with van der Waals surface area (Å²) in [7, 11) is 1.68. The van der Waals surface area contributed by atoms with Gasteiger partial charge < -0.3 is 15.4 Å². The fraction of sp³-hybridized carbons (Fsp3) is 0.208. The Kier molecular flexibility index (Phi) is 5.97. The van der Waals surface area contributed by atoms with Crippen LogP contribution in [0.4, 0.5) is 5.69 Å². The van der Waals surface area contributed by atoms with E-state index in [0.717, 1.165) is 40.3 Å². The normalized spacial score (nSPS) is 15.6. The number of rotatable bonds is 6. The zero-order valence-electron chi connectivity index (χ0n) is 16.4. The van der Waals surface area contributed by atoms with Crippen molar-refractivity contribution >= 4 is 27.5 Å². The van der Waals surface area contributed by atoms with Gasteiger partial charge in [-0.1, -0.05) is 46.3 Å². The molecular formula is C24H24BrN3O. The minimum atomic E-state index is 0.0739. The number of halogens is 1. The molecule has 0 saturated carbocycles. The van der Waals surface area contributed by atoms with Crippen LogP contribution in [-0.2, 0) is 0 Å². The predicted octanol–water partition coefficient (Wildman–Crippen LogP) is 5.29. The zero-order valence-corrected chi connectivity index (χ0v) is 18.0. The second-order valence-electron chi connectivity index (χ2n) is 7.02. The first-order valence-electron chi connectivity index (χ1n) is 9.75. The summed E-state index contributed by atoms with van der Waals surface area (Å²) in [5.41, 5.74) is 10.4. The third-order valence-electron chi connectivity index (χ3n) is 5.16. The third-order valence-corrected chi connectivity index (χ3v) is 5.65.